The van der Waals surface area contributed by atoms with Crippen LogP contribution in [0.5, 0.6) is 0 Å². The van der Waals surface area contributed by atoms with Crippen LogP contribution in [0.2, 0.25) is 5.02 Å². The lowest BCUT2D eigenvalue weighted by atomic mass is 10.2. The van der Waals surface area contributed by atoms with Gasteiger partial charge in [-0.1, -0.05) is 29.4 Å². The highest BCUT2D eigenvalue weighted by atomic mass is 35.5. The number of morpholine rings is 1. The fraction of sp³-hybridized carbons (Fsp3) is 0.500. The third-order valence-electron chi connectivity index (χ3n) is 4.48. The van der Waals surface area contributed by atoms with Gasteiger partial charge >= 0.3 is 0 Å². The summed E-state index contributed by atoms with van der Waals surface area (Å²) in [5, 5.41) is 12.7. The molecule has 3 rings (SSSR count). The van der Waals surface area contributed by atoms with E-state index in [2.05, 4.69) is 27.3 Å². The molecule has 1 aliphatic rings. The van der Waals surface area contributed by atoms with Gasteiger partial charge in [-0.2, -0.15) is 0 Å². The first-order valence-electron chi connectivity index (χ1n) is 8.99. The molecule has 1 N–H and O–H groups in total. The number of rotatable bonds is 6. The molecule has 0 unspecified atom stereocenters. The van der Waals surface area contributed by atoms with Crippen molar-refractivity contribution in [2.75, 3.05) is 36.5 Å². The van der Waals surface area contributed by atoms with E-state index >= 15 is 0 Å². The van der Waals surface area contributed by atoms with E-state index in [1.54, 1.807) is 0 Å². The van der Waals surface area contributed by atoms with Gasteiger partial charge in [0.05, 0.1) is 18.5 Å². The summed E-state index contributed by atoms with van der Waals surface area (Å²) in [5.74, 6) is 0.741. The first kappa shape index (κ1) is 20.0. The average molecular weight is 410 g/mol. The van der Waals surface area contributed by atoms with Crippen molar-refractivity contribution in [3.63, 3.8) is 0 Å². The van der Waals surface area contributed by atoms with Gasteiger partial charge in [-0.15, -0.1) is 10.2 Å². The number of carbonyl (C=O) groups excluding carboxylic acids is 1. The number of benzene rings is 1. The molecule has 1 fully saturated rings. The Bertz CT molecular complexity index is 807. The van der Waals surface area contributed by atoms with E-state index < -0.39 is 0 Å². The second-order valence-electron chi connectivity index (χ2n) is 6.29. The smallest absolute Gasteiger partial charge is 0.237 e. The molecule has 0 aliphatic carbocycles. The average Bonchev–Trinajstić information content (AvgIpc) is 3.08. The first-order chi connectivity index (χ1) is 13.0. The van der Waals surface area contributed by atoms with Crippen molar-refractivity contribution < 1.29 is 9.53 Å². The minimum Gasteiger partial charge on any atom is -0.378 e. The summed E-state index contributed by atoms with van der Waals surface area (Å²) in [7, 11) is 0. The molecule has 0 radical (unpaired) electrons. The van der Waals surface area contributed by atoms with Crippen LogP contribution in [0.4, 0.5) is 11.6 Å². The van der Waals surface area contributed by atoms with E-state index in [-0.39, 0.29) is 11.2 Å². The van der Waals surface area contributed by atoms with Gasteiger partial charge in [0.25, 0.3) is 0 Å². The Morgan fingerprint density at radius 3 is 2.81 bits per heavy atom. The molecule has 1 amide bonds. The van der Waals surface area contributed by atoms with Gasteiger partial charge in [0.15, 0.2) is 5.16 Å². The number of ether oxygens (including phenoxy) is 1. The Labute approximate surface area is 168 Å². The van der Waals surface area contributed by atoms with Crippen molar-refractivity contribution in [1.82, 2.24) is 14.8 Å². The van der Waals surface area contributed by atoms with Crippen molar-refractivity contribution in [2.24, 2.45) is 0 Å². The van der Waals surface area contributed by atoms with Gasteiger partial charge in [0, 0.05) is 30.3 Å². The van der Waals surface area contributed by atoms with E-state index in [9.17, 15) is 4.79 Å². The topological polar surface area (TPSA) is 72.3 Å². The van der Waals surface area contributed by atoms with E-state index in [1.807, 2.05) is 36.6 Å². The Morgan fingerprint density at radius 2 is 2.11 bits per heavy atom. The molecule has 146 valence electrons. The van der Waals surface area contributed by atoms with Crippen LogP contribution in [0, 0.1) is 6.92 Å². The largest absolute Gasteiger partial charge is 0.378 e. The zero-order chi connectivity index (χ0) is 19.4. The zero-order valence-electron chi connectivity index (χ0n) is 15.7. The maximum Gasteiger partial charge on any atom is 0.237 e. The standard InChI is InChI=1S/C18H24ClN5O2S/c1-4-24-17(23-8-10-26-11-9-23)21-22-18(24)27-13(3)16(25)20-15-7-5-6-14(19)12(15)2/h5-7,13H,4,8-11H2,1-3H3,(H,20,25)/t13-/m1/s1. The van der Waals surface area contributed by atoms with Crippen molar-refractivity contribution in [2.45, 2.75) is 37.7 Å². The van der Waals surface area contributed by atoms with Crippen LogP contribution in [0.25, 0.3) is 0 Å². The number of nitrogens with zero attached hydrogens (tertiary/aromatic N) is 4. The minimum atomic E-state index is -0.324. The van der Waals surface area contributed by atoms with E-state index in [0.29, 0.717) is 18.2 Å². The summed E-state index contributed by atoms with van der Waals surface area (Å²) < 4.78 is 7.45. The Kier molecular flexibility index (Phi) is 6.62. The summed E-state index contributed by atoms with van der Waals surface area (Å²) >= 11 is 7.53. The van der Waals surface area contributed by atoms with Crippen LogP contribution >= 0.6 is 23.4 Å². The number of halogens is 1. The van der Waals surface area contributed by atoms with E-state index in [4.69, 9.17) is 16.3 Å². The van der Waals surface area contributed by atoms with Gasteiger partial charge in [0.2, 0.25) is 11.9 Å². The fourth-order valence-corrected chi connectivity index (χ4v) is 3.91. The van der Waals surface area contributed by atoms with Gasteiger partial charge < -0.3 is 15.0 Å². The lowest BCUT2D eigenvalue weighted by Crippen LogP contribution is -2.38. The monoisotopic (exact) mass is 409 g/mol. The van der Waals surface area contributed by atoms with Crippen LogP contribution < -0.4 is 10.2 Å². The summed E-state index contributed by atoms with van der Waals surface area (Å²) in [6.45, 7) is 9.52. The summed E-state index contributed by atoms with van der Waals surface area (Å²) in [4.78, 5) is 14.8. The van der Waals surface area contributed by atoms with Crippen LogP contribution in [0.1, 0.15) is 19.4 Å². The molecule has 1 atom stereocenters. The number of hydrogen-bond donors (Lipinski definition) is 1. The molecule has 1 aliphatic heterocycles. The maximum absolute atomic E-state index is 12.6. The highest BCUT2D eigenvalue weighted by Gasteiger charge is 2.23. The number of carbonyl (C=O) groups is 1. The lowest BCUT2D eigenvalue weighted by molar-refractivity contribution is -0.115. The third kappa shape index (κ3) is 4.56. The van der Waals surface area contributed by atoms with Gasteiger partial charge in [-0.25, -0.2) is 0 Å². The highest BCUT2D eigenvalue weighted by Crippen LogP contribution is 2.28. The number of anilines is 2. The molecule has 1 aromatic carbocycles. The molecule has 0 saturated carbocycles. The third-order valence-corrected chi connectivity index (χ3v) is 5.97. The van der Waals surface area contributed by atoms with Crippen LogP contribution in [-0.4, -0.2) is 52.2 Å². The summed E-state index contributed by atoms with van der Waals surface area (Å²) in [5.41, 5.74) is 1.59. The van der Waals surface area contributed by atoms with Crippen LogP contribution in [0.15, 0.2) is 23.4 Å². The second-order valence-corrected chi connectivity index (χ2v) is 8.00. The first-order valence-corrected chi connectivity index (χ1v) is 10.3. The van der Waals surface area contributed by atoms with Crippen molar-refractivity contribution in [3.8, 4) is 0 Å². The molecule has 27 heavy (non-hydrogen) atoms. The Balaban J connectivity index is 1.69. The fourth-order valence-electron chi connectivity index (χ4n) is 2.83. The second kappa shape index (κ2) is 8.95. The molecule has 2 heterocycles. The molecule has 1 aromatic heterocycles. The minimum absolute atomic E-state index is 0.0936. The lowest BCUT2D eigenvalue weighted by Gasteiger charge is -2.27. The highest BCUT2D eigenvalue weighted by molar-refractivity contribution is 8.00. The Morgan fingerprint density at radius 1 is 1.37 bits per heavy atom. The molecule has 9 heteroatoms. The van der Waals surface area contributed by atoms with Crippen molar-refractivity contribution >= 4 is 40.9 Å². The summed E-state index contributed by atoms with van der Waals surface area (Å²) in [6.07, 6.45) is 0. The van der Waals surface area contributed by atoms with Crippen LogP contribution in [-0.2, 0) is 16.1 Å². The predicted octanol–water partition coefficient (Wildman–Crippen LogP) is 3.22. The number of hydrogen-bond acceptors (Lipinski definition) is 6. The van der Waals surface area contributed by atoms with Gasteiger partial charge in [-0.05, 0) is 38.5 Å². The normalized spacial score (nSPS) is 15.6. The number of thioether (sulfide) groups is 1. The van der Waals surface area contributed by atoms with E-state index in [1.165, 1.54) is 11.8 Å². The van der Waals surface area contributed by atoms with Crippen LogP contribution in [0.3, 0.4) is 0 Å². The summed E-state index contributed by atoms with van der Waals surface area (Å²) in [6, 6.07) is 5.48. The predicted molar refractivity (Wildman–Crippen MR) is 109 cm³/mol. The number of nitrogens with one attached hydrogen (secondary N) is 1. The van der Waals surface area contributed by atoms with Gasteiger partial charge in [-0.3, -0.25) is 9.36 Å². The zero-order valence-corrected chi connectivity index (χ0v) is 17.3. The van der Waals surface area contributed by atoms with Crippen molar-refractivity contribution in [1.29, 1.82) is 0 Å². The molecular weight excluding hydrogens is 386 g/mol. The molecule has 0 bridgehead atoms. The quantitative estimate of drug-likeness (QED) is 0.738. The number of amides is 1. The number of aromatic nitrogens is 3. The molecule has 2 aromatic rings. The van der Waals surface area contributed by atoms with Crippen molar-refractivity contribution in [3.05, 3.63) is 28.8 Å². The molecular formula is C18H24ClN5O2S. The maximum atomic E-state index is 12.6. The SMILES string of the molecule is CCn1c(S[C@H](C)C(=O)Nc2cccc(Cl)c2C)nnc1N1CCOCC1. The molecule has 1 saturated heterocycles. The molecule has 0 spiro atoms. The van der Waals surface area contributed by atoms with E-state index in [0.717, 1.165) is 42.0 Å². The molecule has 7 nitrogen and oxygen atoms in total. The Hall–Kier alpha value is -1.77. The van der Waals surface area contributed by atoms with Gasteiger partial charge in [0.1, 0.15) is 0 Å².